The van der Waals surface area contributed by atoms with E-state index in [4.69, 9.17) is 4.74 Å². The lowest BCUT2D eigenvalue weighted by molar-refractivity contribution is 0.303. The van der Waals surface area contributed by atoms with Crippen LogP contribution in [0.5, 0.6) is 5.75 Å². The molecule has 1 aromatic carbocycles. The fourth-order valence-corrected chi connectivity index (χ4v) is 4.35. The summed E-state index contributed by atoms with van der Waals surface area (Å²) < 4.78 is 32.9. The van der Waals surface area contributed by atoms with Gasteiger partial charge in [0.1, 0.15) is 5.75 Å². The van der Waals surface area contributed by atoms with Gasteiger partial charge in [0.05, 0.1) is 18.0 Å². The van der Waals surface area contributed by atoms with Crippen molar-refractivity contribution in [3.63, 3.8) is 0 Å². The Labute approximate surface area is 142 Å². The van der Waals surface area contributed by atoms with Crippen LogP contribution < -0.4 is 9.46 Å². The van der Waals surface area contributed by atoms with Gasteiger partial charge in [-0.15, -0.1) is 11.3 Å². The molecule has 0 radical (unpaired) electrons. The molecule has 0 aliphatic heterocycles. The van der Waals surface area contributed by atoms with Crippen LogP contribution in [0.15, 0.2) is 40.6 Å². The zero-order chi connectivity index (χ0) is 17.0. The Balaban J connectivity index is 2.16. The smallest absolute Gasteiger partial charge is 0.240 e. The molecule has 2 rings (SSSR count). The third-order valence-electron chi connectivity index (χ3n) is 3.64. The van der Waals surface area contributed by atoms with E-state index in [0.29, 0.717) is 12.3 Å². The Bertz CT molecular complexity index is 741. The Morgan fingerprint density at radius 1 is 1.30 bits per heavy atom. The van der Waals surface area contributed by atoms with Crippen molar-refractivity contribution in [3.05, 3.63) is 46.2 Å². The first-order valence-corrected chi connectivity index (χ1v) is 9.55. The molecule has 2 aromatic rings. The van der Waals surface area contributed by atoms with Gasteiger partial charge in [-0.05, 0) is 56.2 Å². The first-order valence-electron chi connectivity index (χ1n) is 7.19. The first-order chi connectivity index (χ1) is 10.8. The van der Waals surface area contributed by atoms with Crippen LogP contribution in [0.25, 0.3) is 0 Å². The number of sulfonamides is 1. The second-order valence-electron chi connectivity index (χ2n) is 5.48. The third kappa shape index (κ3) is 4.32. The number of methoxy groups -OCH3 is 1. The second-order valence-corrected chi connectivity index (χ2v) is 8.22. The summed E-state index contributed by atoms with van der Waals surface area (Å²) in [6.45, 7) is 2.15. The predicted octanol–water partition coefficient (Wildman–Crippen LogP) is 2.65. The lowest BCUT2D eigenvalue weighted by Gasteiger charge is -2.23. The minimum atomic E-state index is -3.56. The lowest BCUT2D eigenvalue weighted by atomic mass is 10.2. The van der Waals surface area contributed by atoms with Gasteiger partial charge in [0.15, 0.2) is 0 Å². The van der Waals surface area contributed by atoms with Crippen LogP contribution in [-0.4, -0.2) is 41.1 Å². The van der Waals surface area contributed by atoms with Crippen molar-refractivity contribution in [2.45, 2.75) is 17.9 Å². The number of hydrogen-bond acceptors (Lipinski definition) is 5. The molecule has 1 N–H and O–H groups in total. The van der Waals surface area contributed by atoms with E-state index in [2.05, 4.69) is 4.72 Å². The molecule has 0 aliphatic carbocycles. The number of nitrogens with zero attached hydrogens (tertiary/aromatic N) is 1. The Hall–Kier alpha value is -1.41. The molecule has 1 heterocycles. The summed E-state index contributed by atoms with van der Waals surface area (Å²) in [5.74, 6) is 0.675. The van der Waals surface area contributed by atoms with Crippen LogP contribution >= 0.6 is 11.3 Å². The van der Waals surface area contributed by atoms with E-state index < -0.39 is 10.0 Å². The minimum Gasteiger partial charge on any atom is -0.496 e. The minimum absolute atomic E-state index is 0.00382. The van der Waals surface area contributed by atoms with Crippen LogP contribution in [-0.2, 0) is 10.0 Å². The molecule has 7 heteroatoms. The van der Waals surface area contributed by atoms with Crippen LogP contribution in [0, 0.1) is 6.92 Å². The molecule has 0 saturated heterocycles. The number of benzene rings is 1. The molecule has 23 heavy (non-hydrogen) atoms. The van der Waals surface area contributed by atoms with E-state index in [-0.39, 0.29) is 10.9 Å². The lowest BCUT2D eigenvalue weighted by Crippen LogP contribution is -2.34. The predicted molar refractivity (Wildman–Crippen MR) is 93.7 cm³/mol. The fourth-order valence-electron chi connectivity index (χ4n) is 2.31. The third-order valence-corrected chi connectivity index (χ3v) is 6.03. The molecule has 0 bridgehead atoms. The number of rotatable bonds is 7. The Morgan fingerprint density at radius 3 is 2.57 bits per heavy atom. The molecular weight excluding hydrogens is 332 g/mol. The van der Waals surface area contributed by atoms with E-state index in [1.54, 1.807) is 36.6 Å². The average molecular weight is 354 g/mol. The van der Waals surface area contributed by atoms with Gasteiger partial charge < -0.3 is 9.64 Å². The molecule has 126 valence electrons. The highest BCUT2D eigenvalue weighted by atomic mass is 32.2. The second kappa shape index (κ2) is 7.44. The van der Waals surface area contributed by atoms with Gasteiger partial charge in [0, 0.05) is 11.4 Å². The van der Waals surface area contributed by atoms with Crippen molar-refractivity contribution in [1.29, 1.82) is 0 Å². The molecule has 0 fully saturated rings. The summed E-state index contributed by atoms with van der Waals surface area (Å²) in [6.07, 6.45) is 0. The number of ether oxygens (including phenoxy) is 1. The number of nitrogens with one attached hydrogen (secondary N) is 1. The van der Waals surface area contributed by atoms with E-state index in [1.165, 1.54) is 0 Å². The van der Waals surface area contributed by atoms with Crippen molar-refractivity contribution in [2.24, 2.45) is 0 Å². The highest BCUT2D eigenvalue weighted by Gasteiger charge is 2.20. The van der Waals surface area contributed by atoms with Gasteiger partial charge in [-0.25, -0.2) is 13.1 Å². The van der Waals surface area contributed by atoms with Crippen molar-refractivity contribution in [3.8, 4) is 5.75 Å². The standard InChI is InChI=1S/C16H22N2O3S2/c1-12-10-13(7-8-15(12)21-4)23(19,20)17-11-14(18(2)3)16-6-5-9-22-16/h5-10,14,17H,11H2,1-4H3. The molecule has 0 spiro atoms. The first kappa shape index (κ1) is 17.9. The zero-order valence-electron chi connectivity index (χ0n) is 13.7. The molecule has 1 aromatic heterocycles. The van der Waals surface area contributed by atoms with Gasteiger partial charge in [-0.1, -0.05) is 6.07 Å². The molecule has 0 aliphatic rings. The summed E-state index contributed by atoms with van der Waals surface area (Å²) >= 11 is 1.62. The van der Waals surface area contributed by atoms with Crippen molar-refractivity contribution in [1.82, 2.24) is 9.62 Å². The number of likely N-dealkylation sites (N-methyl/N-ethyl adjacent to an activating group) is 1. The van der Waals surface area contributed by atoms with Crippen molar-refractivity contribution in [2.75, 3.05) is 27.7 Å². The Morgan fingerprint density at radius 2 is 2.04 bits per heavy atom. The highest BCUT2D eigenvalue weighted by Crippen LogP contribution is 2.24. The van der Waals surface area contributed by atoms with Gasteiger partial charge in [-0.2, -0.15) is 0 Å². The number of aryl methyl sites for hydroxylation is 1. The van der Waals surface area contributed by atoms with Crippen molar-refractivity contribution >= 4 is 21.4 Å². The molecule has 1 unspecified atom stereocenters. The molecule has 5 nitrogen and oxygen atoms in total. The monoisotopic (exact) mass is 354 g/mol. The van der Waals surface area contributed by atoms with E-state index in [0.717, 1.165) is 10.4 Å². The van der Waals surface area contributed by atoms with Gasteiger partial charge in [0.25, 0.3) is 0 Å². The fraction of sp³-hybridized carbons (Fsp3) is 0.375. The summed E-state index contributed by atoms with van der Waals surface area (Å²) in [6, 6.07) is 8.84. The maximum Gasteiger partial charge on any atom is 0.240 e. The van der Waals surface area contributed by atoms with Crippen LogP contribution in [0.3, 0.4) is 0 Å². The summed E-state index contributed by atoms with van der Waals surface area (Å²) in [7, 11) is 1.89. The summed E-state index contributed by atoms with van der Waals surface area (Å²) in [4.78, 5) is 3.39. The molecule has 1 atom stereocenters. The van der Waals surface area contributed by atoms with Gasteiger partial charge in [0.2, 0.25) is 10.0 Å². The van der Waals surface area contributed by atoms with E-state index >= 15 is 0 Å². The van der Waals surface area contributed by atoms with Gasteiger partial charge in [-0.3, -0.25) is 0 Å². The molecule has 0 amide bonds. The quantitative estimate of drug-likeness (QED) is 0.830. The van der Waals surface area contributed by atoms with Crippen molar-refractivity contribution < 1.29 is 13.2 Å². The summed E-state index contributed by atoms with van der Waals surface area (Å²) in [5.41, 5.74) is 0.790. The summed E-state index contributed by atoms with van der Waals surface area (Å²) in [5, 5.41) is 1.99. The van der Waals surface area contributed by atoms with E-state index in [9.17, 15) is 8.42 Å². The van der Waals surface area contributed by atoms with E-state index in [1.807, 2.05) is 43.4 Å². The van der Waals surface area contributed by atoms with Crippen LogP contribution in [0.2, 0.25) is 0 Å². The van der Waals surface area contributed by atoms with Gasteiger partial charge >= 0.3 is 0 Å². The van der Waals surface area contributed by atoms with Crippen LogP contribution in [0.4, 0.5) is 0 Å². The number of thiophene rings is 1. The SMILES string of the molecule is COc1ccc(S(=O)(=O)NCC(c2cccs2)N(C)C)cc1C. The maximum atomic E-state index is 12.5. The number of hydrogen-bond donors (Lipinski definition) is 1. The maximum absolute atomic E-state index is 12.5. The topological polar surface area (TPSA) is 58.6 Å². The Kier molecular flexibility index (Phi) is 5.80. The normalized spacial score (nSPS) is 13.3. The largest absolute Gasteiger partial charge is 0.496 e. The molecule has 0 saturated carbocycles. The van der Waals surface area contributed by atoms with Crippen LogP contribution in [0.1, 0.15) is 16.5 Å². The average Bonchev–Trinajstić information content (AvgIpc) is 3.01. The zero-order valence-corrected chi connectivity index (χ0v) is 15.4. The highest BCUT2D eigenvalue weighted by molar-refractivity contribution is 7.89. The molecular formula is C16H22N2O3S2.